The highest BCUT2D eigenvalue weighted by Crippen LogP contribution is 2.25. The number of methoxy groups -OCH3 is 1. The highest BCUT2D eigenvalue weighted by molar-refractivity contribution is 14.0. The number of halogens is 1. The van der Waals surface area contributed by atoms with Gasteiger partial charge in [0.2, 0.25) is 0 Å². The summed E-state index contributed by atoms with van der Waals surface area (Å²) in [4.78, 5) is 6.71. The van der Waals surface area contributed by atoms with E-state index in [9.17, 15) is 0 Å². The number of para-hydroxylation sites is 1. The topological polar surface area (TPSA) is 36.9 Å². The summed E-state index contributed by atoms with van der Waals surface area (Å²) in [5.41, 5.74) is 1.24. The van der Waals surface area contributed by atoms with Crippen LogP contribution in [0.3, 0.4) is 0 Å². The van der Waals surface area contributed by atoms with Crippen molar-refractivity contribution in [3.8, 4) is 5.75 Å². The summed E-state index contributed by atoms with van der Waals surface area (Å²) in [7, 11) is 3.58. The molecule has 2 rings (SSSR count). The molecule has 0 saturated carbocycles. The maximum Gasteiger partial charge on any atom is 0.193 e. The molecule has 118 valence electrons. The fourth-order valence-electron chi connectivity index (χ4n) is 2.69. The Labute approximate surface area is 145 Å². The molecule has 5 heteroatoms. The number of nitrogens with zero attached hydrogens (tertiary/aromatic N) is 2. The molecule has 4 nitrogen and oxygen atoms in total. The molecule has 1 heterocycles. The molecule has 1 aromatic rings. The predicted octanol–water partition coefficient (Wildman–Crippen LogP) is 3.09. The number of nitrogens with one attached hydrogen (secondary N) is 1. The lowest BCUT2D eigenvalue weighted by Crippen LogP contribution is -2.41. The number of ether oxygens (including phenoxy) is 1. The lowest BCUT2D eigenvalue weighted by Gasteiger charge is -2.23. The van der Waals surface area contributed by atoms with Gasteiger partial charge < -0.3 is 15.0 Å². The molecule has 1 aromatic carbocycles. The van der Waals surface area contributed by atoms with Crippen LogP contribution in [0.15, 0.2) is 29.3 Å². The number of rotatable bonds is 4. The Bertz CT molecular complexity index is 459. The van der Waals surface area contributed by atoms with Gasteiger partial charge in [-0.25, -0.2) is 0 Å². The van der Waals surface area contributed by atoms with Crippen molar-refractivity contribution in [2.24, 2.45) is 4.99 Å². The number of hydrogen-bond acceptors (Lipinski definition) is 2. The van der Waals surface area contributed by atoms with Crippen LogP contribution in [0.5, 0.6) is 5.75 Å². The molecule has 0 spiro atoms. The van der Waals surface area contributed by atoms with E-state index in [4.69, 9.17) is 4.74 Å². The summed E-state index contributed by atoms with van der Waals surface area (Å²) >= 11 is 0. The minimum absolute atomic E-state index is 0. The first kappa shape index (κ1) is 18.1. The van der Waals surface area contributed by atoms with E-state index in [2.05, 4.69) is 34.3 Å². The molecule has 1 unspecified atom stereocenters. The molecule has 0 radical (unpaired) electrons. The summed E-state index contributed by atoms with van der Waals surface area (Å²) in [6.45, 7) is 5.30. The summed E-state index contributed by atoms with van der Waals surface area (Å²) in [5.74, 6) is 2.35. The molecule has 0 aromatic heterocycles. The van der Waals surface area contributed by atoms with Crippen LogP contribution in [-0.4, -0.2) is 44.7 Å². The van der Waals surface area contributed by atoms with Gasteiger partial charge in [-0.1, -0.05) is 25.1 Å². The van der Waals surface area contributed by atoms with Gasteiger partial charge in [0.05, 0.1) is 7.11 Å². The molecule has 0 bridgehead atoms. The molecule has 1 atom stereocenters. The maximum absolute atomic E-state index is 5.43. The minimum atomic E-state index is 0. The second kappa shape index (κ2) is 9.12. The fourth-order valence-corrected chi connectivity index (χ4v) is 2.69. The molecule has 1 aliphatic rings. The lowest BCUT2D eigenvalue weighted by atomic mass is 10.0. The van der Waals surface area contributed by atoms with Crippen molar-refractivity contribution in [3.63, 3.8) is 0 Å². The fraction of sp³-hybridized carbons (Fsp3) is 0.562. The summed E-state index contributed by atoms with van der Waals surface area (Å²) < 4.78 is 5.43. The largest absolute Gasteiger partial charge is 0.496 e. The molecule has 0 amide bonds. The number of hydrogen-bond donors (Lipinski definition) is 1. The van der Waals surface area contributed by atoms with Crippen LogP contribution in [-0.2, 0) is 0 Å². The van der Waals surface area contributed by atoms with Crippen LogP contribution in [0.2, 0.25) is 0 Å². The quantitative estimate of drug-likeness (QED) is 0.477. The number of benzene rings is 1. The van der Waals surface area contributed by atoms with Crippen molar-refractivity contribution >= 4 is 29.9 Å². The average Bonchev–Trinajstić information content (AvgIpc) is 3.02. The molecule has 1 fully saturated rings. The van der Waals surface area contributed by atoms with E-state index in [1.165, 1.54) is 18.4 Å². The smallest absolute Gasteiger partial charge is 0.193 e. The Morgan fingerprint density at radius 3 is 2.62 bits per heavy atom. The Morgan fingerprint density at radius 2 is 2.00 bits per heavy atom. The van der Waals surface area contributed by atoms with Gasteiger partial charge in [-0.2, -0.15) is 0 Å². The Kier molecular flexibility index (Phi) is 7.85. The SMILES string of the molecule is CN=C(NCC(C)c1ccccc1OC)N1CCCC1.I. The Hall–Kier alpha value is -0.980. The van der Waals surface area contributed by atoms with Crippen LogP contribution in [0.4, 0.5) is 0 Å². The second-order valence-electron chi connectivity index (χ2n) is 5.27. The maximum atomic E-state index is 5.43. The summed E-state index contributed by atoms with van der Waals surface area (Å²) in [6.07, 6.45) is 2.53. The third kappa shape index (κ3) is 4.76. The summed E-state index contributed by atoms with van der Waals surface area (Å²) in [5, 5.41) is 3.48. The first-order chi connectivity index (χ1) is 9.76. The van der Waals surface area contributed by atoms with E-state index in [0.717, 1.165) is 31.3 Å². The van der Waals surface area contributed by atoms with Crippen LogP contribution in [0.25, 0.3) is 0 Å². The standard InChI is InChI=1S/C16H25N3O.HI/c1-13(14-8-4-5-9-15(14)20-3)12-18-16(17-2)19-10-6-7-11-19;/h4-5,8-9,13H,6-7,10-12H2,1-3H3,(H,17,18);1H. The Balaban J connectivity index is 0.00000220. The van der Waals surface area contributed by atoms with Gasteiger partial charge in [0.15, 0.2) is 5.96 Å². The van der Waals surface area contributed by atoms with Crippen LogP contribution in [0.1, 0.15) is 31.2 Å². The zero-order valence-electron chi connectivity index (χ0n) is 13.1. The number of likely N-dealkylation sites (tertiary alicyclic amines) is 1. The molecule has 1 aliphatic heterocycles. The minimum Gasteiger partial charge on any atom is -0.496 e. The number of aliphatic imine (C=N–C) groups is 1. The zero-order valence-corrected chi connectivity index (χ0v) is 15.5. The van der Waals surface area contributed by atoms with Crippen molar-refractivity contribution in [1.29, 1.82) is 0 Å². The predicted molar refractivity (Wildman–Crippen MR) is 99.0 cm³/mol. The van der Waals surface area contributed by atoms with Gasteiger partial charge >= 0.3 is 0 Å². The lowest BCUT2D eigenvalue weighted by molar-refractivity contribution is 0.405. The molecule has 1 saturated heterocycles. The third-order valence-electron chi connectivity index (χ3n) is 3.85. The first-order valence-corrected chi connectivity index (χ1v) is 7.34. The molecular formula is C16H26IN3O. The second-order valence-corrected chi connectivity index (χ2v) is 5.27. The molecular weight excluding hydrogens is 377 g/mol. The van der Waals surface area contributed by atoms with E-state index in [1.807, 2.05) is 19.2 Å². The van der Waals surface area contributed by atoms with E-state index in [-0.39, 0.29) is 24.0 Å². The van der Waals surface area contributed by atoms with Crippen molar-refractivity contribution in [2.75, 3.05) is 33.8 Å². The van der Waals surface area contributed by atoms with Gasteiger partial charge in [0.25, 0.3) is 0 Å². The Morgan fingerprint density at radius 1 is 1.33 bits per heavy atom. The van der Waals surface area contributed by atoms with Crippen LogP contribution < -0.4 is 10.1 Å². The normalized spacial score (nSPS) is 16.3. The first-order valence-electron chi connectivity index (χ1n) is 7.34. The van der Waals surface area contributed by atoms with Crippen molar-refractivity contribution in [1.82, 2.24) is 10.2 Å². The highest BCUT2D eigenvalue weighted by Gasteiger charge is 2.17. The third-order valence-corrected chi connectivity index (χ3v) is 3.85. The van der Waals surface area contributed by atoms with E-state index >= 15 is 0 Å². The van der Waals surface area contributed by atoms with Crippen molar-refractivity contribution < 1.29 is 4.74 Å². The van der Waals surface area contributed by atoms with Crippen LogP contribution in [0, 0.1) is 0 Å². The van der Waals surface area contributed by atoms with Crippen molar-refractivity contribution in [2.45, 2.75) is 25.7 Å². The van der Waals surface area contributed by atoms with Crippen LogP contribution >= 0.6 is 24.0 Å². The van der Waals surface area contributed by atoms with Crippen molar-refractivity contribution in [3.05, 3.63) is 29.8 Å². The van der Waals surface area contributed by atoms with Gasteiger partial charge in [-0.05, 0) is 24.5 Å². The van der Waals surface area contributed by atoms with E-state index < -0.39 is 0 Å². The van der Waals surface area contributed by atoms with Gasteiger partial charge in [-0.15, -0.1) is 24.0 Å². The summed E-state index contributed by atoms with van der Waals surface area (Å²) in [6, 6.07) is 8.21. The van der Waals surface area contributed by atoms with Gasteiger partial charge in [0, 0.05) is 32.6 Å². The van der Waals surface area contributed by atoms with Gasteiger partial charge in [0.1, 0.15) is 5.75 Å². The molecule has 21 heavy (non-hydrogen) atoms. The average molecular weight is 403 g/mol. The molecule has 1 N–H and O–H groups in total. The van der Waals surface area contributed by atoms with Gasteiger partial charge in [-0.3, -0.25) is 4.99 Å². The van der Waals surface area contributed by atoms with E-state index in [1.54, 1.807) is 7.11 Å². The zero-order chi connectivity index (χ0) is 14.4. The number of guanidine groups is 1. The monoisotopic (exact) mass is 403 g/mol. The highest BCUT2D eigenvalue weighted by atomic mass is 127. The molecule has 0 aliphatic carbocycles. The van der Waals surface area contributed by atoms with E-state index in [0.29, 0.717) is 5.92 Å².